The number of hydrogen-bond donors (Lipinski definition) is 0. The van der Waals surface area contributed by atoms with Crippen LogP contribution in [-0.4, -0.2) is 64.2 Å². The van der Waals surface area contributed by atoms with E-state index in [1.54, 1.807) is 6.07 Å². The molecule has 156 valence electrons. The lowest BCUT2D eigenvalue weighted by Crippen LogP contribution is -2.50. The van der Waals surface area contributed by atoms with E-state index in [-0.39, 0.29) is 18.4 Å². The summed E-state index contributed by atoms with van der Waals surface area (Å²) in [6.07, 6.45) is 1.83. The second-order valence-corrected chi connectivity index (χ2v) is 8.03. The molecule has 5 rings (SSSR count). The van der Waals surface area contributed by atoms with Gasteiger partial charge in [-0.2, -0.15) is 0 Å². The van der Waals surface area contributed by atoms with Gasteiger partial charge in [-0.15, -0.1) is 0 Å². The number of piperazine rings is 1. The van der Waals surface area contributed by atoms with E-state index in [4.69, 9.17) is 0 Å². The summed E-state index contributed by atoms with van der Waals surface area (Å²) in [4.78, 5) is 35.8. The summed E-state index contributed by atoms with van der Waals surface area (Å²) in [7, 11) is 0. The summed E-state index contributed by atoms with van der Waals surface area (Å²) >= 11 is 0. The van der Waals surface area contributed by atoms with Crippen molar-refractivity contribution in [2.24, 2.45) is 0 Å². The predicted octanol–water partition coefficient (Wildman–Crippen LogP) is 3.01. The largest absolute Gasteiger partial charge is 0.339 e. The molecule has 0 atom stereocenters. The van der Waals surface area contributed by atoms with Crippen molar-refractivity contribution in [2.45, 2.75) is 6.54 Å². The number of pyridine rings is 1. The van der Waals surface area contributed by atoms with Gasteiger partial charge in [0, 0.05) is 61.1 Å². The second kappa shape index (κ2) is 7.96. The molecular weight excluding hydrogens is 388 g/mol. The summed E-state index contributed by atoms with van der Waals surface area (Å²) < 4.78 is 0. The van der Waals surface area contributed by atoms with Crippen LogP contribution in [0, 0.1) is 0 Å². The average molecular weight is 412 g/mol. The Morgan fingerprint density at radius 1 is 0.935 bits per heavy atom. The zero-order valence-corrected chi connectivity index (χ0v) is 17.3. The number of carbonyl (C=O) groups excluding carboxylic acids is 2. The highest BCUT2D eigenvalue weighted by molar-refractivity contribution is 6.10. The first-order chi connectivity index (χ1) is 15.1. The summed E-state index contributed by atoms with van der Waals surface area (Å²) in [5, 5.41) is 1.14. The number of aromatic nitrogens is 1. The zero-order valence-electron chi connectivity index (χ0n) is 17.3. The Kier molecular flexibility index (Phi) is 5.00. The molecule has 1 aromatic heterocycles. The summed E-state index contributed by atoms with van der Waals surface area (Å²) in [6, 6.07) is 17.7. The molecule has 2 amide bonds. The fraction of sp³-hybridized carbons (Fsp3) is 0.240. The van der Waals surface area contributed by atoms with Gasteiger partial charge in [0.2, 0.25) is 5.91 Å². The lowest BCUT2D eigenvalue weighted by atomic mass is 10.1. The van der Waals surface area contributed by atoms with Gasteiger partial charge >= 0.3 is 0 Å². The van der Waals surface area contributed by atoms with Crippen LogP contribution in [0.2, 0.25) is 0 Å². The fourth-order valence-electron chi connectivity index (χ4n) is 4.43. The molecule has 3 heterocycles. The normalized spacial score (nSPS) is 16.8. The van der Waals surface area contributed by atoms with Crippen LogP contribution in [0.3, 0.4) is 0 Å². The molecule has 31 heavy (non-hydrogen) atoms. The molecule has 1 saturated heterocycles. The van der Waals surface area contributed by atoms with E-state index < -0.39 is 0 Å². The minimum Gasteiger partial charge on any atom is -0.339 e. The van der Waals surface area contributed by atoms with Crippen molar-refractivity contribution in [1.29, 1.82) is 0 Å². The van der Waals surface area contributed by atoms with Gasteiger partial charge in [-0.1, -0.05) is 49.0 Å². The first kappa shape index (κ1) is 19.5. The van der Waals surface area contributed by atoms with Crippen LogP contribution >= 0.6 is 0 Å². The van der Waals surface area contributed by atoms with Gasteiger partial charge in [-0.05, 0) is 17.7 Å². The third-order valence-electron chi connectivity index (χ3n) is 6.17. The molecule has 0 bridgehead atoms. The van der Waals surface area contributed by atoms with Crippen molar-refractivity contribution in [3.05, 3.63) is 84.1 Å². The van der Waals surface area contributed by atoms with Gasteiger partial charge in [-0.25, -0.2) is 0 Å². The zero-order chi connectivity index (χ0) is 21.4. The van der Waals surface area contributed by atoms with Gasteiger partial charge in [0.15, 0.2) is 0 Å². The van der Waals surface area contributed by atoms with Crippen molar-refractivity contribution < 1.29 is 9.59 Å². The van der Waals surface area contributed by atoms with E-state index in [1.165, 1.54) is 10.5 Å². The van der Waals surface area contributed by atoms with Crippen LogP contribution in [0.5, 0.6) is 0 Å². The van der Waals surface area contributed by atoms with Crippen LogP contribution in [0.15, 0.2) is 67.4 Å². The lowest BCUT2D eigenvalue weighted by Gasteiger charge is -2.35. The fourth-order valence-corrected chi connectivity index (χ4v) is 4.43. The molecule has 2 aromatic carbocycles. The van der Waals surface area contributed by atoms with Crippen molar-refractivity contribution in [2.75, 3.05) is 32.7 Å². The lowest BCUT2D eigenvalue weighted by molar-refractivity contribution is -0.133. The standard InChI is InChI=1S/C25H24N4O2/c1-18-21-9-2-3-10-22(21)25(31)29(18)17-23(30)28-14-12-27(13-15-28)16-20-7-4-6-19-8-5-11-26-24(19)20/h2-11H,1,12-17H2. The van der Waals surface area contributed by atoms with Crippen LogP contribution in [0.4, 0.5) is 0 Å². The van der Waals surface area contributed by atoms with Gasteiger partial charge in [-0.3, -0.25) is 24.4 Å². The van der Waals surface area contributed by atoms with Crippen LogP contribution in [0.25, 0.3) is 16.6 Å². The minimum absolute atomic E-state index is 0.0335. The first-order valence-electron chi connectivity index (χ1n) is 10.5. The molecule has 3 aromatic rings. The third kappa shape index (κ3) is 3.59. The minimum atomic E-state index is -0.143. The number of benzene rings is 2. The summed E-state index contributed by atoms with van der Waals surface area (Å²) in [6.45, 7) is 7.78. The molecule has 6 heteroatoms. The summed E-state index contributed by atoms with van der Waals surface area (Å²) in [5.74, 6) is -0.176. The maximum absolute atomic E-state index is 12.9. The molecule has 0 saturated carbocycles. The van der Waals surface area contributed by atoms with E-state index in [0.717, 1.165) is 36.1 Å². The van der Waals surface area contributed by atoms with Crippen molar-refractivity contribution in [3.8, 4) is 0 Å². The highest BCUT2D eigenvalue weighted by atomic mass is 16.2. The number of fused-ring (bicyclic) bond motifs is 2. The van der Waals surface area contributed by atoms with Crippen LogP contribution in [-0.2, 0) is 11.3 Å². The van der Waals surface area contributed by atoms with E-state index >= 15 is 0 Å². The Hall–Kier alpha value is -3.51. The van der Waals surface area contributed by atoms with Crippen molar-refractivity contribution >= 4 is 28.4 Å². The van der Waals surface area contributed by atoms with Crippen molar-refractivity contribution in [3.63, 3.8) is 0 Å². The quantitative estimate of drug-likeness (QED) is 0.661. The average Bonchev–Trinajstić information content (AvgIpc) is 3.05. The topological polar surface area (TPSA) is 56.8 Å². The Morgan fingerprint density at radius 3 is 2.45 bits per heavy atom. The molecule has 0 N–H and O–H groups in total. The van der Waals surface area contributed by atoms with Gasteiger partial charge in [0.25, 0.3) is 5.91 Å². The molecule has 2 aliphatic heterocycles. The van der Waals surface area contributed by atoms with Gasteiger partial charge in [0.1, 0.15) is 6.54 Å². The van der Waals surface area contributed by atoms with Crippen LogP contribution < -0.4 is 0 Å². The molecule has 6 nitrogen and oxygen atoms in total. The Bertz CT molecular complexity index is 1140. The molecule has 0 unspecified atom stereocenters. The number of para-hydroxylation sites is 1. The molecular formula is C25H24N4O2. The molecule has 0 spiro atoms. The number of amides is 2. The number of nitrogens with zero attached hydrogens (tertiary/aromatic N) is 4. The summed E-state index contributed by atoms with van der Waals surface area (Å²) in [5.41, 5.74) is 4.28. The van der Waals surface area contributed by atoms with Crippen LogP contribution in [0.1, 0.15) is 21.5 Å². The smallest absolute Gasteiger partial charge is 0.259 e. The number of hydrogen-bond acceptors (Lipinski definition) is 4. The molecule has 0 aliphatic carbocycles. The highest BCUT2D eigenvalue weighted by Crippen LogP contribution is 2.31. The Labute approximate surface area is 181 Å². The van der Waals surface area contributed by atoms with E-state index in [9.17, 15) is 9.59 Å². The monoisotopic (exact) mass is 412 g/mol. The maximum atomic E-state index is 12.9. The van der Waals surface area contributed by atoms with E-state index in [1.807, 2.05) is 35.4 Å². The first-order valence-corrected chi connectivity index (χ1v) is 10.5. The van der Waals surface area contributed by atoms with Gasteiger partial charge in [0.05, 0.1) is 5.52 Å². The van der Waals surface area contributed by atoms with E-state index in [0.29, 0.717) is 24.4 Å². The predicted molar refractivity (Wildman–Crippen MR) is 120 cm³/mol. The highest BCUT2D eigenvalue weighted by Gasteiger charge is 2.33. The SMILES string of the molecule is C=C1c2ccccc2C(=O)N1CC(=O)N1CCN(Cc2cccc3cccnc23)CC1. The van der Waals surface area contributed by atoms with Crippen molar-refractivity contribution in [1.82, 2.24) is 19.7 Å². The molecule has 1 fully saturated rings. The Morgan fingerprint density at radius 2 is 1.68 bits per heavy atom. The molecule has 2 aliphatic rings. The number of carbonyl (C=O) groups is 2. The van der Waals surface area contributed by atoms with Gasteiger partial charge < -0.3 is 4.90 Å². The third-order valence-corrected chi connectivity index (χ3v) is 6.17. The van der Waals surface area contributed by atoms with E-state index in [2.05, 4.69) is 40.7 Å². The number of rotatable bonds is 4. The molecule has 0 radical (unpaired) electrons. The maximum Gasteiger partial charge on any atom is 0.259 e. The second-order valence-electron chi connectivity index (χ2n) is 8.03. The Balaban J connectivity index is 1.20.